The van der Waals surface area contributed by atoms with E-state index in [-0.39, 0.29) is 24.0 Å². The fourth-order valence-corrected chi connectivity index (χ4v) is 5.37. The Bertz CT molecular complexity index is 1190. The van der Waals surface area contributed by atoms with Crippen molar-refractivity contribution in [3.8, 4) is 0 Å². The number of para-hydroxylation sites is 1. The number of fused-ring (bicyclic) bond motifs is 2. The van der Waals surface area contributed by atoms with Crippen molar-refractivity contribution in [1.29, 1.82) is 0 Å². The van der Waals surface area contributed by atoms with Gasteiger partial charge in [-0.3, -0.25) is 0 Å². The van der Waals surface area contributed by atoms with Gasteiger partial charge in [0.25, 0.3) is 5.01 Å². The molecule has 0 aliphatic heterocycles. The smallest absolute Gasteiger partial charge is 0.262 e. The fourth-order valence-electron chi connectivity index (χ4n) is 4.28. The van der Waals surface area contributed by atoms with Gasteiger partial charge in [-0.2, -0.15) is 4.57 Å². The van der Waals surface area contributed by atoms with Crippen molar-refractivity contribution < 1.29 is 28.5 Å². The zero-order valence-corrected chi connectivity index (χ0v) is 22.3. The zero-order valence-electron chi connectivity index (χ0n) is 19.4. The van der Waals surface area contributed by atoms with Gasteiger partial charge in [0.1, 0.15) is 4.70 Å². The molecule has 0 spiro atoms. The number of halogens is 1. The Morgan fingerprint density at radius 1 is 0.812 bits per heavy atom. The van der Waals surface area contributed by atoms with Crippen molar-refractivity contribution in [2.45, 2.75) is 45.6 Å². The number of anilines is 1. The Balaban J connectivity index is 0.00000289. The highest BCUT2D eigenvalue weighted by atomic mass is 127. The van der Waals surface area contributed by atoms with E-state index in [2.05, 4.69) is 103 Å². The van der Waals surface area contributed by atoms with E-state index in [1.165, 1.54) is 69.4 Å². The predicted octanol–water partition coefficient (Wildman–Crippen LogP) is 4.55. The maximum Gasteiger partial charge on any atom is 0.262 e. The van der Waals surface area contributed by atoms with Crippen LogP contribution in [0.1, 0.15) is 49.6 Å². The number of nitrogens with zero attached hydrogens (tertiary/aromatic N) is 2. The van der Waals surface area contributed by atoms with Gasteiger partial charge in [-0.1, -0.05) is 80.0 Å². The summed E-state index contributed by atoms with van der Waals surface area (Å²) in [6, 6.07) is 22.0. The summed E-state index contributed by atoms with van der Waals surface area (Å²) < 4.78 is 3.88. The highest BCUT2D eigenvalue weighted by Crippen LogP contribution is 2.30. The number of aromatic nitrogens is 1. The minimum absolute atomic E-state index is 0. The number of unbranched alkanes of at least 4 members (excludes halogenated alkanes) is 4. The molecule has 0 aliphatic carbocycles. The molecule has 0 saturated heterocycles. The lowest BCUT2D eigenvalue weighted by atomic mass is 10.0. The minimum atomic E-state index is 0. The van der Waals surface area contributed by atoms with Crippen molar-refractivity contribution in [2.75, 3.05) is 19.0 Å². The number of hydrogen-bond acceptors (Lipinski definition) is 2. The van der Waals surface area contributed by atoms with Gasteiger partial charge in [0, 0.05) is 43.7 Å². The quantitative estimate of drug-likeness (QED) is 0.167. The summed E-state index contributed by atoms with van der Waals surface area (Å²) in [5.41, 5.74) is 3.89. The van der Waals surface area contributed by atoms with Gasteiger partial charge in [0.05, 0.1) is 0 Å². The van der Waals surface area contributed by atoms with Crippen LogP contribution in [-0.4, -0.2) is 14.1 Å². The van der Waals surface area contributed by atoms with Crippen molar-refractivity contribution >= 4 is 50.2 Å². The Kier molecular flexibility index (Phi) is 9.11. The van der Waals surface area contributed by atoms with Crippen LogP contribution in [0, 0.1) is 0 Å². The van der Waals surface area contributed by atoms with Crippen molar-refractivity contribution in [1.82, 2.24) is 0 Å². The Labute approximate surface area is 213 Å². The lowest BCUT2D eigenvalue weighted by molar-refractivity contribution is -0.669. The third-order valence-electron chi connectivity index (χ3n) is 5.94. The average molecular weight is 557 g/mol. The lowest BCUT2D eigenvalue weighted by Crippen LogP contribution is -3.00. The largest absolute Gasteiger partial charge is 1.00 e. The molecule has 0 unspecified atom stereocenters. The van der Waals surface area contributed by atoms with E-state index in [4.69, 9.17) is 0 Å². The van der Waals surface area contributed by atoms with Gasteiger partial charge < -0.3 is 28.9 Å². The van der Waals surface area contributed by atoms with E-state index in [0.717, 1.165) is 6.54 Å². The molecule has 32 heavy (non-hydrogen) atoms. The summed E-state index contributed by atoms with van der Waals surface area (Å²) >= 11 is 1.89. The molecule has 4 rings (SSSR count). The zero-order chi connectivity index (χ0) is 21.6. The van der Waals surface area contributed by atoms with E-state index < -0.39 is 0 Å². The number of benzene rings is 3. The Hall–Kier alpha value is -1.92. The monoisotopic (exact) mass is 556 g/mol. The average Bonchev–Trinajstić information content (AvgIpc) is 3.14. The molecule has 0 aliphatic rings. The number of rotatable bonds is 9. The number of aryl methyl sites for hydroxylation is 1. The van der Waals surface area contributed by atoms with Crippen molar-refractivity contribution in [3.63, 3.8) is 0 Å². The van der Waals surface area contributed by atoms with Gasteiger partial charge in [-0.05, 0) is 35.6 Å². The summed E-state index contributed by atoms with van der Waals surface area (Å²) in [7, 11) is 4.22. The first-order chi connectivity index (χ1) is 15.2. The molecule has 0 fully saturated rings. The molecule has 4 aromatic rings. The third-order valence-corrected chi connectivity index (χ3v) is 7.07. The van der Waals surface area contributed by atoms with Crippen LogP contribution < -0.4 is 33.4 Å². The van der Waals surface area contributed by atoms with Gasteiger partial charge in [0.2, 0.25) is 5.52 Å². The topological polar surface area (TPSA) is 7.12 Å². The van der Waals surface area contributed by atoms with Gasteiger partial charge in [-0.25, -0.2) is 0 Å². The standard InChI is InChI=1S/C28H33N2S.HI/c1-4-5-6-7-12-21-30-26-15-10-11-16-27(26)31-28(30)20-18-22-17-19-25(29(2)3)24-14-9-8-13-23(22)24;/h8-11,13-20H,4-7,12,21H2,1-3H3;1H/q+1;/p-1. The molecule has 2 nitrogen and oxygen atoms in total. The van der Waals surface area contributed by atoms with E-state index in [0.29, 0.717) is 0 Å². The molecule has 168 valence electrons. The molecular weight excluding hydrogens is 523 g/mol. The number of hydrogen-bond donors (Lipinski definition) is 0. The second-order valence-corrected chi connectivity index (χ2v) is 9.48. The Morgan fingerprint density at radius 3 is 2.31 bits per heavy atom. The van der Waals surface area contributed by atoms with Crippen LogP contribution in [0.5, 0.6) is 0 Å². The van der Waals surface area contributed by atoms with Gasteiger partial charge in [-0.15, -0.1) is 0 Å². The molecule has 0 radical (unpaired) electrons. The van der Waals surface area contributed by atoms with Crippen LogP contribution in [0.4, 0.5) is 5.69 Å². The first kappa shape index (κ1) is 24.7. The normalized spacial score (nSPS) is 11.3. The molecule has 0 bridgehead atoms. The highest BCUT2D eigenvalue weighted by molar-refractivity contribution is 7.18. The molecule has 0 atom stereocenters. The SMILES string of the molecule is CCCCCCC[n+]1c(/C=C/c2ccc(N(C)C)c3ccccc23)sc2ccccc21.[I-]. The second-order valence-electron chi connectivity index (χ2n) is 8.42. The van der Waals surface area contributed by atoms with Crippen LogP contribution in [0.3, 0.4) is 0 Å². The molecule has 0 amide bonds. The minimum Gasteiger partial charge on any atom is -1.00 e. The molecular formula is C28H33IN2S. The van der Waals surface area contributed by atoms with Crippen LogP contribution in [0.25, 0.3) is 33.1 Å². The molecule has 4 heteroatoms. The molecule has 0 N–H and O–H groups in total. The van der Waals surface area contributed by atoms with E-state index in [9.17, 15) is 0 Å². The summed E-state index contributed by atoms with van der Waals surface area (Å²) in [6.07, 6.45) is 11.1. The van der Waals surface area contributed by atoms with E-state index in [1.54, 1.807) is 0 Å². The lowest BCUT2D eigenvalue weighted by Gasteiger charge is -2.16. The van der Waals surface area contributed by atoms with Crippen LogP contribution in [0.15, 0.2) is 60.7 Å². The maximum atomic E-state index is 2.51. The fraction of sp³-hybridized carbons (Fsp3) is 0.321. The van der Waals surface area contributed by atoms with Crippen LogP contribution >= 0.6 is 11.3 Å². The van der Waals surface area contributed by atoms with Crippen molar-refractivity contribution in [2.24, 2.45) is 0 Å². The first-order valence-corrected chi connectivity index (χ1v) is 12.3. The Morgan fingerprint density at radius 2 is 1.53 bits per heavy atom. The molecule has 0 saturated carbocycles. The first-order valence-electron chi connectivity index (χ1n) is 11.5. The molecule has 1 heterocycles. The van der Waals surface area contributed by atoms with Gasteiger partial charge >= 0.3 is 0 Å². The highest BCUT2D eigenvalue weighted by Gasteiger charge is 2.17. The second kappa shape index (κ2) is 11.8. The van der Waals surface area contributed by atoms with Crippen molar-refractivity contribution in [3.05, 3.63) is 71.2 Å². The van der Waals surface area contributed by atoms with Crippen LogP contribution in [-0.2, 0) is 6.54 Å². The van der Waals surface area contributed by atoms with E-state index >= 15 is 0 Å². The van der Waals surface area contributed by atoms with Crippen LogP contribution in [0.2, 0.25) is 0 Å². The number of thiazole rings is 1. The molecule has 1 aromatic heterocycles. The van der Waals surface area contributed by atoms with Gasteiger partial charge in [0.15, 0.2) is 6.54 Å². The van der Waals surface area contributed by atoms with E-state index in [1.807, 2.05) is 11.3 Å². The summed E-state index contributed by atoms with van der Waals surface area (Å²) in [4.78, 5) is 2.19. The molecule has 3 aromatic carbocycles. The predicted molar refractivity (Wildman–Crippen MR) is 138 cm³/mol. The third kappa shape index (κ3) is 5.52. The summed E-state index contributed by atoms with van der Waals surface area (Å²) in [5, 5.41) is 3.93. The summed E-state index contributed by atoms with van der Waals surface area (Å²) in [5.74, 6) is 0. The maximum absolute atomic E-state index is 2.51. The summed E-state index contributed by atoms with van der Waals surface area (Å²) in [6.45, 7) is 3.37.